The molecule has 1 saturated carbocycles. The molecule has 1 nitrogen and oxygen atoms in total. The number of hydrogen-bond donors (Lipinski definition) is 0. The molecule has 0 aromatic rings. The van der Waals surface area contributed by atoms with Gasteiger partial charge in [0.1, 0.15) is 0 Å². The van der Waals surface area contributed by atoms with E-state index in [2.05, 4.69) is 37.1 Å². The minimum absolute atomic E-state index is 0.712. The van der Waals surface area contributed by atoms with Gasteiger partial charge in [-0.3, -0.25) is 4.99 Å². The van der Waals surface area contributed by atoms with Crippen molar-refractivity contribution in [3.05, 3.63) is 23.8 Å². The van der Waals surface area contributed by atoms with Crippen LogP contribution < -0.4 is 0 Å². The first-order valence-corrected chi connectivity index (χ1v) is 7.09. The molecular formula is C16H27N. The van der Waals surface area contributed by atoms with Gasteiger partial charge < -0.3 is 0 Å². The standard InChI is InChI=1S/C16H27N/c1-4-5-9-14(2)12-13-16(17-3)15-10-7-6-8-11-15/h9,12-13,15H,4-8,10-11H2,1-3H3/b13-12-,14-9?,17-16?. The Hall–Kier alpha value is -0.850. The smallest absolute Gasteiger partial charge is 0.0375 e. The fourth-order valence-corrected chi connectivity index (χ4v) is 2.45. The Balaban J connectivity index is 2.54. The number of allylic oxidation sites excluding steroid dienone is 4. The molecule has 0 amide bonds. The molecule has 0 heterocycles. The topological polar surface area (TPSA) is 12.4 Å². The highest BCUT2D eigenvalue weighted by atomic mass is 14.7. The number of aliphatic imine (C=N–C) groups is 1. The number of nitrogens with zero attached hydrogens (tertiary/aromatic N) is 1. The fourth-order valence-electron chi connectivity index (χ4n) is 2.45. The molecule has 0 atom stereocenters. The average molecular weight is 233 g/mol. The van der Waals surface area contributed by atoms with Gasteiger partial charge in [-0.2, -0.15) is 0 Å². The van der Waals surface area contributed by atoms with Gasteiger partial charge in [-0.1, -0.05) is 50.3 Å². The zero-order valence-corrected chi connectivity index (χ0v) is 11.7. The molecule has 0 radical (unpaired) electrons. The Bertz CT molecular complexity index is 291. The van der Waals surface area contributed by atoms with Gasteiger partial charge in [-0.05, 0) is 32.3 Å². The van der Waals surface area contributed by atoms with E-state index in [1.165, 1.54) is 56.2 Å². The summed E-state index contributed by atoms with van der Waals surface area (Å²) in [5, 5.41) is 0. The Kier molecular flexibility index (Phi) is 6.91. The lowest BCUT2D eigenvalue weighted by Crippen LogP contribution is -2.15. The zero-order valence-electron chi connectivity index (χ0n) is 11.7. The van der Waals surface area contributed by atoms with Crippen LogP contribution in [0.3, 0.4) is 0 Å². The van der Waals surface area contributed by atoms with E-state index >= 15 is 0 Å². The van der Waals surface area contributed by atoms with Crippen LogP contribution in [0.5, 0.6) is 0 Å². The molecular weight excluding hydrogens is 206 g/mol. The van der Waals surface area contributed by atoms with Crippen LogP contribution in [-0.2, 0) is 0 Å². The molecule has 1 aliphatic carbocycles. The molecule has 0 unspecified atom stereocenters. The maximum atomic E-state index is 4.47. The lowest BCUT2D eigenvalue weighted by Gasteiger charge is -2.21. The van der Waals surface area contributed by atoms with Crippen LogP contribution in [0.1, 0.15) is 58.8 Å². The van der Waals surface area contributed by atoms with E-state index in [9.17, 15) is 0 Å². The second kappa shape index (κ2) is 8.27. The molecule has 1 heteroatoms. The SMILES string of the molecule is CCCC=C(C)/C=C\C(=NC)C1CCCCC1. The molecule has 0 aromatic carbocycles. The van der Waals surface area contributed by atoms with Crippen LogP contribution in [0, 0.1) is 5.92 Å². The molecule has 1 rings (SSSR count). The van der Waals surface area contributed by atoms with Crippen molar-refractivity contribution >= 4 is 5.71 Å². The predicted molar refractivity (Wildman–Crippen MR) is 77.7 cm³/mol. The highest BCUT2D eigenvalue weighted by molar-refractivity contribution is 5.97. The van der Waals surface area contributed by atoms with E-state index < -0.39 is 0 Å². The molecule has 0 aliphatic heterocycles. The van der Waals surface area contributed by atoms with Crippen molar-refractivity contribution in [1.82, 2.24) is 0 Å². The number of hydrogen-bond acceptors (Lipinski definition) is 1. The second-order valence-corrected chi connectivity index (χ2v) is 5.05. The summed E-state index contributed by atoms with van der Waals surface area (Å²) in [6.07, 6.45) is 16.0. The first kappa shape index (κ1) is 14.2. The largest absolute Gasteiger partial charge is 0.293 e. The van der Waals surface area contributed by atoms with Crippen molar-refractivity contribution in [2.24, 2.45) is 10.9 Å². The van der Waals surface area contributed by atoms with Gasteiger partial charge in [0.15, 0.2) is 0 Å². The third-order valence-corrected chi connectivity index (χ3v) is 3.55. The minimum Gasteiger partial charge on any atom is -0.293 e. The maximum absolute atomic E-state index is 4.47. The Morgan fingerprint density at radius 2 is 1.88 bits per heavy atom. The van der Waals surface area contributed by atoms with Crippen LogP contribution >= 0.6 is 0 Å². The summed E-state index contributed by atoms with van der Waals surface area (Å²) in [5.41, 5.74) is 2.66. The lowest BCUT2D eigenvalue weighted by atomic mass is 9.85. The van der Waals surface area contributed by atoms with Crippen LogP contribution in [0.4, 0.5) is 0 Å². The van der Waals surface area contributed by atoms with Gasteiger partial charge >= 0.3 is 0 Å². The molecule has 0 bridgehead atoms. The van der Waals surface area contributed by atoms with Crippen molar-refractivity contribution in [3.63, 3.8) is 0 Å². The first-order valence-electron chi connectivity index (χ1n) is 7.09. The van der Waals surface area contributed by atoms with Crippen molar-refractivity contribution in [3.8, 4) is 0 Å². The number of unbranched alkanes of at least 4 members (excludes halogenated alkanes) is 1. The molecule has 1 aliphatic rings. The van der Waals surface area contributed by atoms with E-state index in [1.807, 2.05) is 7.05 Å². The average Bonchev–Trinajstić information content (AvgIpc) is 2.38. The van der Waals surface area contributed by atoms with Gasteiger partial charge in [0.2, 0.25) is 0 Å². The maximum Gasteiger partial charge on any atom is 0.0375 e. The van der Waals surface area contributed by atoms with Crippen molar-refractivity contribution in [1.29, 1.82) is 0 Å². The molecule has 96 valence electrons. The summed E-state index contributed by atoms with van der Waals surface area (Å²) in [7, 11) is 1.93. The van der Waals surface area contributed by atoms with Gasteiger partial charge in [0.05, 0.1) is 0 Å². The molecule has 0 spiro atoms. The Labute approximate surface area is 107 Å². The first-order chi connectivity index (χ1) is 8.27. The summed E-state index contributed by atoms with van der Waals surface area (Å²) in [4.78, 5) is 4.47. The van der Waals surface area contributed by atoms with Crippen molar-refractivity contribution < 1.29 is 0 Å². The Morgan fingerprint density at radius 1 is 1.18 bits per heavy atom. The third kappa shape index (κ3) is 5.34. The van der Waals surface area contributed by atoms with Crippen LogP contribution in [0.15, 0.2) is 28.8 Å². The van der Waals surface area contributed by atoms with E-state index in [4.69, 9.17) is 0 Å². The van der Waals surface area contributed by atoms with Crippen molar-refractivity contribution in [2.75, 3.05) is 7.05 Å². The summed E-state index contributed by atoms with van der Waals surface area (Å²) >= 11 is 0. The lowest BCUT2D eigenvalue weighted by molar-refractivity contribution is 0.440. The van der Waals surface area contributed by atoms with Crippen LogP contribution in [0.2, 0.25) is 0 Å². The van der Waals surface area contributed by atoms with Crippen LogP contribution in [-0.4, -0.2) is 12.8 Å². The molecule has 0 N–H and O–H groups in total. The molecule has 1 fully saturated rings. The van der Waals surface area contributed by atoms with Gasteiger partial charge in [0, 0.05) is 18.7 Å². The van der Waals surface area contributed by atoms with E-state index in [-0.39, 0.29) is 0 Å². The minimum atomic E-state index is 0.712. The highest BCUT2D eigenvalue weighted by Gasteiger charge is 2.16. The molecule has 0 saturated heterocycles. The van der Waals surface area contributed by atoms with E-state index in [1.54, 1.807) is 0 Å². The zero-order chi connectivity index (χ0) is 12.5. The summed E-state index contributed by atoms with van der Waals surface area (Å²) in [6.45, 7) is 4.40. The van der Waals surface area contributed by atoms with Gasteiger partial charge in [-0.25, -0.2) is 0 Å². The number of rotatable bonds is 5. The fraction of sp³-hybridized carbons (Fsp3) is 0.688. The normalized spacial score (nSPS) is 20.2. The molecule has 0 aromatic heterocycles. The van der Waals surface area contributed by atoms with Crippen LogP contribution in [0.25, 0.3) is 0 Å². The summed E-state index contributed by atoms with van der Waals surface area (Å²) in [5.74, 6) is 0.712. The molecule has 17 heavy (non-hydrogen) atoms. The van der Waals surface area contributed by atoms with Crippen molar-refractivity contribution in [2.45, 2.75) is 58.8 Å². The second-order valence-electron chi connectivity index (χ2n) is 5.05. The highest BCUT2D eigenvalue weighted by Crippen LogP contribution is 2.25. The summed E-state index contributed by atoms with van der Waals surface area (Å²) in [6, 6.07) is 0. The third-order valence-electron chi connectivity index (χ3n) is 3.55. The van der Waals surface area contributed by atoms with Gasteiger partial charge in [-0.15, -0.1) is 0 Å². The predicted octanol–water partition coefficient (Wildman–Crippen LogP) is 4.94. The van der Waals surface area contributed by atoms with E-state index in [0.29, 0.717) is 5.92 Å². The van der Waals surface area contributed by atoms with E-state index in [0.717, 1.165) is 0 Å². The monoisotopic (exact) mass is 233 g/mol. The summed E-state index contributed by atoms with van der Waals surface area (Å²) < 4.78 is 0. The quantitative estimate of drug-likeness (QED) is 0.471. The Morgan fingerprint density at radius 3 is 2.47 bits per heavy atom. The van der Waals surface area contributed by atoms with Gasteiger partial charge in [0.25, 0.3) is 0 Å².